The van der Waals surface area contributed by atoms with Crippen LogP contribution in [0.2, 0.25) is 0 Å². The predicted octanol–water partition coefficient (Wildman–Crippen LogP) is 6.38. The first-order valence-corrected chi connectivity index (χ1v) is 14.5. The van der Waals surface area contributed by atoms with Gasteiger partial charge in [-0.15, -0.1) is 0 Å². The van der Waals surface area contributed by atoms with Crippen LogP contribution in [0.25, 0.3) is 11.1 Å². The van der Waals surface area contributed by atoms with Crippen LogP contribution < -0.4 is 5.32 Å². The molecular formula is C35H46N2O4. The maximum absolute atomic E-state index is 14.0. The Balaban J connectivity index is 1.97. The molecule has 0 fully saturated rings. The SMILES string of the molecule is COC(=O)C[C@H](NC(=O)[C@@H](CC(C)C)[C@@H]1C=C(CCN(C)C)C(C)=CC1=O)c1cccc(-c2c(C)cccc2C)c1. The van der Waals surface area contributed by atoms with E-state index in [1.165, 1.54) is 7.11 Å². The number of aryl methyl sites for hydroxylation is 2. The molecule has 0 radical (unpaired) electrons. The molecule has 0 saturated carbocycles. The van der Waals surface area contributed by atoms with Crippen molar-refractivity contribution in [3.63, 3.8) is 0 Å². The first-order valence-electron chi connectivity index (χ1n) is 14.5. The third-order valence-electron chi connectivity index (χ3n) is 7.87. The lowest BCUT2D eigenvalue weighted by molar-refractivity contribution is -0.141. The van der Waals surface area contributed by atoms with E-state index >= 15 is 0 Å². The molecule has 1 aliphatic rings. The highest BCUT2D eigenvalue weighted by Gasteiger charge is 2.35. The average Bonchev–Trinajstić information content (AvgIpc) is 2.91. The van der Waals surface area contributed by atoms with Gasteiger partial charge in [0, 0.05) is 6.54 Å². The third kappa shape index (κ3) is 8.49. The molecule has 3 rings (SSSR count). The van der Waals surface area contributed by atoms with E-state index < -0.39 is 23.8 Å². The molecule has 1 N–H and O–H groups in total. The Morgan fingerprint density at radius 2 is 1.68 bits per heavy atom. The molecule has 2 aromatic rings. The predicted molar refractivity (Wildman–Crippen MR) is 165 cm³/mol. The zero-order valence-electron chi connectivity index (χ0n) is 25.9. The van der Waals surface area contributed by atoms with Gasteiger partial charge < -0.3 is 15.0 Å². The van der Waals surface area contributed by atoms with Crippen LogP contribution >= 0.6 is 0 Å². The summed E-state index contributed by atoms with van der Waals surface area (Å²) in [5.41, 5.74) is 7.37. The molecule has 6 heteroatoms. The van der Waals surface area contributed by atoms with Crippen molar-refractivity contribution in [1.29, 1.82) is 0 Å². The first kappa shape index (κ1) is 32.0. The Morgan fingerprint density at radius 1 is 1.02 bits per heavy atom. The zero-order valence-corrected chi connectivity index (χ0v) is 25.9. The molecule has 0 saturated heterocycles. The molecule has 2 aromatic carbocycles. The number of hydrogen-bond donors (Lipinski definition) is 1. The minimum absolute atomic E-state index is 0.00556. The van der Waals surface area contributed by atoms with E-state index in [1.54, 1.807) is 6.08 Å². The Labute approximate surface area is 245 Å². The lowest BCUT2D eigenvalue weighted by Crippen LogP contribution is -2.41. The summed E-state index contributed by atoms with van der Waals surface area (Å²) in [4.78, 5) is 41.9. The molecule has 0 bridgehead atoms. The van der Waals surface area contributed by atoms with E-state index in [2.05, 4.69) is 50.0 Å². The van der Waals surface area contributed by atoms with E-state index in [-0.39, 0.29) is 24.0 Å². The monoisotopic (exact) mass is 558 g/mol. The van der Waals surface area contributed by atoms with Crippen LogP contribution in [0.1, 0.15) is 62.8 Å². The van der Waals surface area contributed by atoms with Gasteiger partial charge in [-0.25, -0.2) is 0 Å². The minimum atomic E-state index is -0.595. The minimum Gasteiger partial charge on any atom is -0.469 e. The van der Waals surface area contributed by atoms with Gasteiger partial charge in [-0.1, -0.05) is 56.3 Å². The maximum atomic E-state index is 14.0. The van der Waals surface area contributed by atoms with Gasteiger partial charge >= 0.3 is 5.97 Å². The largest absolute Gasteiger partial charge is 0.469 e. The third-order valence-corrected chi connectivity index (χ3v) is 7.87. The van der Waals surface area contributed by atoms with Gasteiger partial charge in [-0.3, -0.25) is 14.4 Å². The molecule has 220 valence electrons. The van der Waals surface area contributed by atoms with Gasteiger partial charge in [0.2, 0.25) is 5.91 Å². The Bertz CT molecular complexity index is 1300. The van der Waals surface area contributed by atoms with Crippen LogP contribution in [0.4, 0.5) is 0 Å². The standard InChI is InChI=1S/C35H46N2O4/c1-22(2)17-30(29-20-26(15-16-37(6)7)25(5)18-32(29)38)35(40)36-31(21-33(39)41-8)27-13-10-14-28(19-27)34-23(3)11-9-12-24(34)4/h9-14,18-20,22,29-31H,15-17,21H2,1-8H3,(H,36,40)/t29-,30-,31-/m0/s1. The number of methoxy groups -OCH3 is 1. The number of rotatable bonds is 12. The van der Waals surface area contributed by atoms with E-state index in [1.807, 2.05) is 57.4 Å². The second-order valence-corrected chi connectivity index (χ2v) is 12.0. The highest BCUT2D eigenvalue weighted by molar-refractivity contribution is 5.99. The van der Waals surface area contributed by atoms with E-state index in [4.69, 9.17) is 4.74 Å². The van der Waals surface area contributed by atoms with Crippen LogP contribution in [-0.4, -0.2) is 50.3 Å². The molecule has 0 aliphatic heterocycles. The smallest absolute Gasteiger partial charge is 0.307 e. The fourth-order valence-corrected chi connectivity index (χ4v) is 5.66. The Hall–Kier alpha value is -3.51. The quantitative estimate of drug-likeness (QED) is 0.306. The van der Waals surface area contributed by atoms with Crippen molar-refractivity contribution in [3.8, 4) is 11.1 Å². The number of benzene rings is 2. The van der Waals surface area contributed by atoms with Crippen molar-refractivity contribution in [3.05, 3.63) is 82.5 Å². The van der Waals surface area contributed by atoms with E-state index in [0.717, 1.165) is 51.9 Å². The van der Waals surface area contributed by atoms with Crippen molar-refractivity contribution in [2.24, 2.45) is 17.8 Å². The van der Waals surface area contributed by atoms with E-state index in [9.17, 15) is 14.4 Å². The van der Waals surface area contributed by atoms with Crippen LogP contribution in [-0.2, 0) is 19.1 Å². The summed E-state index contributed by atoms with van der Waals surface area (Å²) in [6.07, 6.45) is 5.06. The van der Waals surface area contributed by atoms with Crippen molar-refractivity contribution < 1.29 is 19.1 Å². The summed E-state index contributed by atoms with van der Waals surface area (Å²) < 4.78 is 5.00. The number of esters is 1. The van der Waals surface area contributed by atoms with Gasteiger partial charge in [-0.2, -0.15) is 0 Å². The summed E-state index contributed by atoms with van der Waals surface area (Å²) in [6.45, 7) is 11.1. The second-order valence-electron chi connectivity index (χ2n) is 12.0. The number of hydrogen-bond acceptors (Lipinski definition) is 5. The number of carbonyl (C=O) groups is 3. The van der Waals surface area contributed by atoms with Crippen LogP contribution in [0, 0.1) is 31.6 Å². The average molecular weight is 559 g/mol. The number of nitrogens with one attached hydrogen (secondary N) is 1. The molecule has 1 amide bonds. The summed E-state index contributed by atoms with van der Waals surface area (Å²) in [5, 5.41) is 3.16. The summed E-state index contributed by atoms with van der Waals surface area (Å²) in [6, 6.07) is 13.6. The second kappa shape index (κ2) is 14.4. The van der Waals surface area contributed by atoms with Crippen molar-refractivity contribution in [2.45, 2.75) is 59.9 Å². The van der Waals surface area contributed by atoms with Crippen LogP contribution in [0.15, 0.2) is 65.8 Å². The highest BCUT2D eigenvalue weighted by Crippen LogP contribution is 2.33. The number of amides is 1. The number of allylic oxidation sites excluding steroid dienone is 3. The molecular weight excluding hydrogens is 512 g/mol. The van der Waals surface area contributed by atoms with Crippen LogP contribution in [0.5, 0.6) is 0 Å². The van der Waals surface area contributed by atoms with Crippen molar-refractivity contribution in [2.75, 3.05) is 27.7 Å². The lowest BCUT2D eigenvalue weighted by Gasteiger charge is -2.30. The topological polar surface area (TPSA) is 75.7 Å². The Morgan fingerprint density at radius 3 is 2.29 bits per heavy atom. The summed E-state index contributed by atoms with van der Waals surface area (Å²) in [5.74, 6) is -1.57. The zero-order chi connectivity index (χ0) is 30.3. The molecule has 0 spiro atoms. The van der Waals surface area contributed by atoms with Crippen LogP contribution in [0.3, 0.4) is 0 Å². The van der Waals surface area contributed by atoms with Crippen molar-refractivity contribution >= 4 is 17.7 Å². The van der Waals surface area contributed by atoms with E-state index in [0.29, 0.717) is 6.42 Å². The summed E-state index contributed by atoms with van der Waals surface area (Å²) in [7, 11) is 5.40. The van der Waals surface area contributed by atoms with Gasteiger partial charge in [0.05, 0.1) is 31.4 Å². The molecule has 0 heterocycles. The fraction of sp³-hybridized carbons (Fsp3) is 0.457. The van der Waals surface area contributed by atoms with Crippen molar-refractivity contribution in [1.82, 2.24) is 10.2 Å². The number of nitrogens with zero attached hydrogens (tertiary/aromatic N) is 1. The van der Waals surface area contributed by atoms with Gasteiger partial charge in [-0.05, 0) is 105 Å². The maximum Gasteiger partial charge on any atom is 0.307 e. The molecule has 41 heavy (non-hydrogen) atoms. The molecule has 0 unspecified atom stereocenters. The molecule has 6 nitrogen and oxygen atoms in total. The number of carbonyl (C=O) groups excluding carboxylic acids is 3. The lowest BCUT2D eigenvalue weighted by atomic mass is 9.77. The fourth-order valence-electron chi connectivity index (χ4n) is 5.66. The molecule has 1 aliphatic carbocycles. The highest BCUT2D eigenvalue weighted by atomic mass is 16.5. The van der Waals surface area contributed by atoms with Gasteiger partial charge in [0.1, 0.15) is 0 Å². The normalized spacial score (nSPS) is 16.7. The Kier molecular flexibility index (Phi) is 11.2. The van der Waals surface area contributed by atoms with Gasteiger partial charge in [0.15, 0.2) is 5.78 Å². The number of ketones is 1. The first-order chi connectivity index (χ1) is 19.4. The molecule has 3 atom stereocenters. The number of ether oxygens (including phenoxy) is 1. The molecule has 0 aromatic heterocycles. The summed E-state index contributed by atoms with van der Waals surface area (Å²) >= 11 is 0. The van der Waals surface area contributed by atoms with Gasteiger partial charge in [0.25, 0.3) is 0 Å².